The van der Waals surface area contributed by atoms with E-state index in [2.05, 4.69) is 10.2 Å². The Kier molecular flexibility index (Phi) is 3.57. The molecule has 7 heteroatoms. The molecular formula is C8H14N4O2S. The maximum absolute atomic E-state index is 10.7. The lowest BCUT2D eigenvalue weighted by molar-refractivity contribution is -0.140. The van der Waals surface area contributed by atoms with E-state index in [-0.39, 0.29) is 5.25 Å². The van der Waals surface area contributed by atoms with Crippen LogP contribution in [-0.4, -0.2) is 31.1 Å². The zero-order valence-corrected chi connectivity index (χ0v) is 9.65. The molecule has 2 unspecified atom stereocenters. The summed E-state index contributed by atoms with van der Waals surface area (Å²) in [5, 5.41) is 16.9. The number of hydrogen-bond donors (Lipinski definition) is 2. The van der Waals surface area contributed by atoms with Crippen molar-refractivity contribution in [3.8, 4) is 0 Å². The third-order valence-corrected chi connectivity index (χ3v) is 3.60. The van der Waals surface area contributed by atoms with E-state index in [1.807, 2.05) is 6.92 Å². The number of hydrogen-bond acceptors (Lipinski definition) is 5. The molecule has 0 fully saturated rings. The summed E-state index contributed by atoms with van der Waals surface area (Å²) in [6, 6.07) is 0. The van der Waals surface area contributed by atoms with Gasteiger partial charge in [0.05, 0.1) is 5.92 Å². The van der Waals surface area contributed by atoms with Gasteiger partial charge in [0.25, 0.3) is 0 Å². The van der Waals surface area contributed by atoms with Crippen LogP contribution in [0, 0.1) is 5.92 Å². The number of thioether (sulfide) groups is 1. The van der Waals surface area contributed by atoms with Crippen LogP contribution >= 0.6 is 11.8 Å². The Labute approximate surface area is 91.9 Å². The molecule has 0 aliphatic carbocycles. The summed E-state index contributed by atoms with van der Waals surface area (Å²) in [6.45, 7) is 3.51. The van der Waals surface area contributed by atoms with Crippen molar-refractivity contribution in [1.82, 2.24) is 14.8 Å². The van der Waals surface area contributed by atoms with Crippen LogP contribution in [0.2, 0.25) is 0 Å². The molecule has 0 spiro atoms. The number of rotatable bonds is 4. The lowest BCUT2D eigenvalue weighted by atomic mass is 10.1. The third kappa shape index (κ3) is 2.62. The number of aliphatic carboxylic acids is 1. The highest BCUT2D eigenvalue weighted by atomic mass is 32.2. The summed E-state index contributed by atoms with van der Waals surface area (Å²) in [7, 11) is 1.75. The molecule has 1 heterocycles. The summed E-state index contributed by atoms with van der Waals surface area (Å²) in [6.07, 6.45) is 0. The Balaban J connectivity index is 2.70. The molecule has 0 saturated heterocycles. The van der Waals surface area contributed by atoms with E-state index >= 15 is 0 Å². The minimum Gasteiger partial charge on any atom is -0.481 e. The van der Waals surface area contributed by atoms with E-state index in [1.54, 1.807) is 18.5 Å². The van der Waals surface area contributed by atoms with E-state index in [1.165, 1.54) is 11.8 Å². The average Bonchev–Trinajstić information content (AvgIpc) is 2.48. The van der Waals surface area contributed by atoms with Crippen LogP contribution in [0.5, 0.6) is 0 Å². The summed E-state index contributed by atoms with van der Waals surface area (Å²) >= 11 is 1.36. The molecule has 0 aliphatic rings. The second kappa shape index (κ2) is 4.52. The van der Waals surface area contributed by atoms with Crippen molar-refractivity contribution in [2.75, 3.05) is 5.73 Å². The smallest absolute Gasteiger partial charge is 0.307 e. The highest BCUT2D eigenvalue weighted by Gasteiger charge is 2.22. The van der Waals surface area contributed by atoms with Crippen LogP contribution < -0.4 is 5.73 Å². The second-order valence-corrected chi connectivity index (χ2v) is 4.69. The fourth-order valence-corrected chi connectivity index (χ4v) is 1.89. The maximum Gasteiger partial charge on any atom is 0.307 e. The Morgan fingerprint density at radius 2 is 2.13 bits per heavy atom. The number of nitrogens with two attached hydrogens (primary N) is 1. The number of aromatic nitrogens is 3. The first kappa shape index (κ1) is 11.8. The van der Waals surface area contributed by atoms with E-state index in [9.17, 15) is 4.79 Å². The van der Waals surface area contributed by atoms with E-state index in [0.717, 1.165) is 0 Å². The van der Waals surface area contributed by atoms with Crippen LogP contribution in [0.1, 0.15) is 13.8 Å². The third-order valence-electron chi connectivity index (χ3n) is 2.25. The van der Waals surface area contributed by atoms with Gasteiger partial charge in [-0.15, -0.1) is 10.2 Å². The van der Waals surface area contributed by atoms with Crippen LogP contribution in [-0.2, 0) is 11.8 Å². The first-order chi connectivity index (χ1) is 6.93. The number of nitrogens with zero attached hydrogens (tertiary/aromatic N) is 3. The molecule has 0 aliphatic heterocycles. The highest BCUT2D eigenvalue weighted by molar-refractivity contribution is 7.99. The molecule has 2 atom stereocenters. The number of nitrogen functional groups attached to an aromatic ring is 1. The predicted molar refractivity (Wildman–Crippen MR) is 57.5 cm³/mol. The van der Waals surface area contributed by atoms with Gasteiger partial charge in [0.2, 0.25) is 5.95 Å². The lowest BCUT2D eigenvalue weighted by Gasteiger charge is -2.14. The molecule has 1 aromatic heterocycles. The van der Waals surface area contributed by atoms with Crippen molar-refractivity contribution in [2.45, 2.75) is 24.3 Å². The molecule has 0 aromatic carbocycles. The maximum atomic E-state index is 10.7. The molecule has 1 aromatic rings. The SMILES string of the molecule is CC(Sc1nnc(N)n1C)C(C)C(=O)O. The van der Waals surface area contributed by atoms with Crippen molar-refractivity contribution in [1.29, 1.82) is 0 Å². The zero-order chi connectivity index (χ0) is 11.6. The van der Waals surface area contributed by atoms with Crippen molar-refractivity contribution in [3.05, 3.63) is 0 Å². The van der Waals surface area contributed by atoms with E-state index in [4.69, 9.17) is 10.8 Å². The Morgan fingerprint density at radius 1 is 1.53 bits per heavy atom. The quantitative estimate of drug-likeness (QED) is 0.735. The highest BCUT2D eigenvalue weighted by Crippen LogP contribution is 2.26. The standard InChI is InChI=1S/C8H14N4O2S/c1-4(6(13)14)5(2)15-8-11-10-7(9)12(8)3/h4-5H,1-3H3,(H2,9,10)(H,13,14). The topological polar surface area (TPSA) is 94.0 Å². The van der Waals surface area contributed by atoms with Crippen molar-refractivity contribution >= 4 is 23.7 Å². The fourth-order valence-electron chi connectivity index (χ4n) is 0.898. The van der Waals surface area contributed by atoms with Gasteiger partial charge in [0.1, 0.15) is 0 Å². The summed E-state index contributed by atoms with van der Waals surface area (Å²) in [4.78, 5) is 10.7. The van der Waals surface area contributed by atoms with E-state index < -0.39 is 11.9 Å². The first-order valence-electron chi connectivity index (χ1n) is 4.47. The largest absolute Gasteiger partial charge is 0.481 e. The molecule has 1 rings (SSSR count). The van der Waals surface area contributed by atoms with Gasteiger partial charge < -0.3 is 10.8 Å². The van der Waals surface area contributed by atoms with Gasteiger partial charge in [-0.1, -0.05) is 25.6 Å². The van der Waals surface area contributed by atoms with Crippen LogP contribution in [0.25, 0.3) is 0 Å². The van der Waals surface area contributed by atoms with Gasteiger partial charge in [-0.05, 0) is 0 Å². The van der Waals surface area contributed by atoms with Gasteiger partial charge in [0, 0.05) is 12.3 Å². The molecule has 0 saturated carbocycles. The van der Waals surface area contributed by atoms with Crippen molar-refractivity contribution in [2.24, 2.45) is 13.0 Å². The molecule has 84 valence electrons. The van der Waals surface area contributed by atoms with Gasteiger partial charge in [-0.3, -0.25) is 9.36 Å². The Hall–Kier alpha value is -1.24. The lowest BCUT2D eigenvalue weighted by Crippen LogP contribution is -2.20. The Morgan fingerprint density at radius 3 is 2.53 bits per heavy atom. The average molecular weight is 230 g/mol. The molecule has 15 heavy (non-hydrogen) atoms. The number of carbonyl (C=O) groups is 1. The number of anilines is 1. The number of carboxylic acids is 1. The van der Waals surface area contributed by atoms with Gasteiger partial charge >= 0.3 is 5.97 Å². The molecule has 0 bridgehead atoms. The van der Waals surface area contributed by atoms with Gasteiger partial charge in [-0.2, -0.15) is 0 Å². The number of carboxylic acid groups (broad SMARTS) is 1. The molecule has 6 nitrogen and oxygen atoms in total. The molecule has 0 radical (unpaired) electrons. The minimum atomic E-state index is -0.815. The summed E-state index contributed by atoms with van der Waals surface area (Å²) < 4.78 is 1.63. The summed E-state index contributed by atoms with van der Waals surface area (Å²) in [5.74, 6) is -0.925. The van der Waals surface area contributed by atoms with Crippen LogP contribution in [0.4, 0.5) is 5.95 Å². The monoisotopic (exact) mass is 230 g/mol. The minimum absolute atomic E-state index is 0.0789. The van der Waals surface area contributed by atoms with Crippen LogP contribution in [0.15, 0.2) is 5.16 Å². The van der Waals surface area contributed by atoms with Crippen molar-refractivity contribution in [3.63, 3.8) is 0 Å². The normalized spacial score (nSPS) is 14.9. The second-order valence-electron chi connectivity index (χ2n) is 3.35. The fraction of sp³-hybridized carbons (Fsp3) is 0.625. The van der Waals surface area contributed by atoms with Crippen molar-refractivity contribution < 1.29 is 9.90 Å². The molecule has 3 N–H and O–H groups in total. The Bertz CT molecular complexity index is 366. The predicted octanol–water partition coefficient (Wildman–Crippen LogP) is 0.599. The first-order valence-corrected chi connectivity index (χ1v) is 5.35. The zero-order valence-electron chi connectivity index (χ0n) is 8.84. The summed E-state index contributed by atoms with van der Waals surface area (Å²) in [5.41, 5.74) is 5.51. The molecular weight excluding hydrogens is 216 g/mol. The van der Waals surface area contributed by atoms with E-state index in [0.29, 0.717) is 11.1 Å². The van der Waals surface area contributed by atoms with Gasteiger partial charge in [-0.25, -0.2) is 0 Å². The van der Waals surface area contributed by atoms with Crippen LogP contribution in [0.3, 0.4) is 0 Å². The molecule has 0 amide bonds. The van der Waals surface area contributed by atoms with Gasteiger partial charge in [0.15, 0.2) is 5.16 Å².